The number of ether oxygens (including phenoxy) is 6. The van der Waals surface area contributed by atoms with E-state index in [0.717, 1.165) is 151 Å². The molecule has 0 aliphatic rings. The van der Waals surface area contributed by atoms with E-state index in [4.69, 9.17) is 28.4 Å². The van der Waals surface area contributed by atoms with Gasteiger partial charge in [0.05, 0.1) is 62.9 Å². The normalized spacial score (nSPS) is 11.5. The van der Waals surface area contributed by atoms with E-state index >= 15 is 0 Å². The second-order valence-electron chi connectivity index (χ2n) is 18.0. The number of nitriles is 2. The smallest absolute Gasteiger partial charge is 0.128 e. The summed E-state index contributed by atoms with van der Waals surface area (Å²) in [6, 6.07) is 20.6. The van der Waals surface area contributed by atoms with E-state index in [-0.39, 0.29) is 0 Å². The fourth-order valence-corrected chi connectivity index (χ4v) is 7.87. The summed E-state index contributed by atoms with van der Waals surface area (Å²) in [6.07, 6.45) is 29.6. The summed E-state index contributed by atoms with van der Waals surface area (Å²) in [7, 11) is 0. The number of hydrogen-bond donors (Lipinski definition) is 0. The van der Waals surface area contributed by atoms with Crippen LogP contribution >= 0.6 is 0 Å². The molecule has 0 radical (unpaired) electrons. The zero-order valence-electron chi connectivity index (χ0n) is 43.3. The molecule has 68 heavy (non-hydrogen) atoms. The molecule has 8 heteroatoms. The molecule has 0 spiro atoms. The van der Waals surface area contributed by atoms with Crippen molar-refractivity contribution < 1.29 is 28.4 Å². The van der Waals surface area contributed by atoms with Gasteiger partial charge in [-0.2, -0.15) is 10.5 Å². The van der Waals surface area contributed by atoms with Gasteiger partial charge in [-0.25, -0.2) is 0 Å². The third-order valence-electron chi connectivity index (χ3n) is 12.0. The first-order valence-electron chi connectivity index (χ1n) is 26.9. The van der Waals surface area contributed by atoms with E-state index in [1.54, 1.807) is 0 Å². The highest BCUT2D eigenvalue weighted by atomic mass is 16.5. The van der Waals surface area contributed by atoms with Crippen LogP contribution in [0.2, 0.25) is 0 Å². The maximum absolute atomic E-state index is 11.1. The van der Waals surface area contributed by atoms with Crippen molar-refractivity contribution in [2.24, 2.45) is 0 Å². The van der Waals surface area contributed by atoms with Gasteiger partial charge in [-0.3, -0.25) is 0 Å². The van der Waals surface area contributed by atoms with Crippen molar-refractivity contribution in [3.8, 4) is 46.6 Å². The fraction of sp³-hybridized carbons (Fsp3) is 0.600. The van der Waals surface area contributed by atoms with Crippen molar-refractivity contribution in [1.29, 1.82) is 10.5 Å². The van der Waals surface area contributed by atoms with Crippen molar-refractivity contribution >= 4 is 23.3 Å². The highest BCUT2D eigenvalue weighted by Crippen LogP contribution is 2.40. The number of hydrogen-bond acceptors (Lipinski definition) is 8. The molecule has 0 aliphatic heterocycles. The van der Waals surface area contributed by atoms with Crippen LogP contribution in [-0.2, 0) is 0 Å². The number of allylic oxidation sites excluding steroid dienone is 2. The number of unbranched alkanes of at least 4 members (excludes halogenated alkanes) is 18. The van der Waals surface area contributed by atoms with Gasteiger partial charge >= 0.3 is 0 Å². The first kappa shape index (κ1) is 57.2. The first-order valence-corrected chi connectivity index (χ1v) is 26.9. The Hall–Kier alpha value is -5.08. The highest BCUT2D eigenvalue weighted by Gasteiger charge is 2.21. The van der Waals surface area contributed by atoms with Crippen molar-refractivity contribution in [2.45, 2.75) is 196 Å². The van der Waals surface area contributed by atoms with Crippen LogP contribution in [0.25, 0.3) is 23.3 Å². The van der Waals surface area contributed by atoms with Crippen LogP contribution < -0.4 is 28.4 Å². The molecule has 0 saturated carbocycles. The van der Waals surface area contributed by atoms with Gasteiger partial charge < -0.3 is 28.4 Å². The van der Waals surface area contributed by atoms with Crippen LogP contribution in [0.15, 0.2) is 48.5 Å². The van der Waals surface area contributed by atoms with Crippen LogP contribution in [0, 0.1) is 22.7 Å². The van der Waals surface area contributed by atoms with E-state index in [1.165, 1.54) is 25.7 Å². The van der Waals surface area contributed by atoms with Crippen molar-refractivity contribution in [3.05, 3.63) is 70.8 Å². The van der Waals surface area contributed by atoms with E-state index < -0.39 is 0 Å². The Bertz CT molecular complexity index is 1830. The van der Waals surface area contributed by atoms with Crippen LogP contribution in [-0.4, -0.2) is 39.6 Å². The molecule has 0 fully saturated rings. The Morgan fingerprint density at radius 1 is 0.353 bits per heavy atom. The summed E-state index contributed by atoms with van der Waals surface area (Å²) in [5.74, 6) is 3.91. The molecule has 374 valence electrons. The molecule has 0 unspecified atom stereocenters. The molecule has 0 heterocycles. The molecule has 0 bridgehead atoms. The Balaban J connectivity index is 2.25. The molecule has 0 N–H and O–H groups in total. The lowest BCUT2D eigenvalue weighted by Gasteiger charge is -2.18. The molecule has 3 rings (SSSR count). The molecule has 0 atom stereocenters. The van der Waals surface area contributed by atoms with Gasteiger partial charge in [-0.05, 0) is 99.2 Å². The summed E-state index contributed by atoms with van der Waals surface area (Å²) in [5.41, 5.74) is 3.52. The van der Waals surface area contributed by atoms with Crippen LogP contribution in [0.3, 0.4) is 0 Å². The van der Waals surface area contributed by atoms with Gasteiger partial charge in [-0.1, -0.05) is 157 Å². The SMILES string of the molecule is CCCCCCOc1ccc(OCCCCCC)c(/C=C(\C#N)c2cc(OCCCCCC)c(/C(C#N)=C/c3cc(OCCCCCC)ccc3OCCCCCC)cc2OCCCCCC)c1. The average molecular weight is 933 g/mol. The van der Waals surface area contributed by atoms with E-state index in [0.29, 0.717) is 84.9 Å². The third kappa shape index (κ3) is 22.4. The van der Waals surface area contributed by atoms with Gasteiger partial charge in [0.2, 0.25) is 0 Å². The number of nitrogens with zero attached hydrogens (tertiary/aromatic N) is 2. The second-order valence-corrected chi connectivity index (χ2v) is 18.0. The maximum atomic E-state index is 11.1. The van der Waals surface area contributed by atoms with Gasteiger partial charge in [-0.15, -0.1) is 0 Å². The van der Waals surface area contributed by atoms with Crippen LogP contribution in [0.4, 0.5) is 0 Å². The Morgan fingerprint density at radius 3 is 0.912 bits per heavy atom. The molecule has 0 aromatic heterocycles. The van der Waals surface area contributed by atoms with Gasteiger partial charge in [0.15, 0.2) is 0 Å². The lowest BCUT2D eigenvalue weighted by Crippen LogP contribution is -2.05. The summed E-state index contributed by atoms with van der Waals surface area (Å²) in [6.45, 7) is 16.6. The van der Waals surface area contributed by atoms with Crippen molar-refractivity contribution in [1.82, 2.24) is 0 Å². The molecule has 3 aromatic rings. The minimum absolute atomic E-state index is 0.400. The largest absolute Gasteiger partial charge is 0.494 e. The highest BCUT2D eigenvalue weighted by molar-refractivity contribution is 5.97. The Labute approximate surface area is 413 Å². The van der Waals surface area contributed by atoms with E-state index in [9.17, 15) is 10.5 Å². The third-order valence-corrected chi connectivity index (χ3v) is 12.0. The fourth-order valence-electron chi connectivity index (χ4n) is 7.87. The summed E-state index contributed by atoms with van der Waals surface area (Å²) < 4.78 is 38.6. The molecule has 0 saturated heterocycles. The zero-order chi connectivity index (χ0) is 48.9. The molecular formula is C60H88N2O6. The predicted octanol–water partition coefficient (Wildman–Crippen LogP) is 17.6. The van der Waals surface area contributed by atoms with Crippen LogP contribution in [0.5, 0.6) is 34.5 Å². The van der Waals surface area contributed by atoms with Crippen LogP contribution in [0.1, 0.15) is 218 Å². The van der Waals surface area contributed by atoms with Gasteiger partial charge in [0, 0.05) is 22.3 Å². The molecule has 8 nitrogen and oxygen atoms in total. The lowest BCUT2D eigenvalue weighted by atomic mass is 9.96. The van der Waals surface area contributed by atoms with Gasteiger partial charge in [0.1, 0.15) is 34.5 Å². The maximum Gasteiger partial charge on any atom is 0.128 e. The Kier molecular flexibility index (Phi) is 31.1. The first-order chi connectivity index (χ1) is 33.5. The van der Waals surface area contributed by atoms with Crippen molar-refractivity contribution in [3.63, 3.8) is 0 Å². The quantitative estimate of drug-likeness (QED) is 0.0316. The number of rotatable bonds is 40. The molecular weight excluding hydrogens is 845 g/mol. The van der Waals surface area contributed by atoms with Gasteiger partial charge in [0.25, 0.3) is 0 Å². The summed E-state index contributed by atoms with van der Waals surface area (Å²) in [4.78, 5) is 0. The summed E-state index contributed by atoms with van der Waals surface area (Å²) >= 11 is 0. The van der Waals surface area contributed by atoms with E-state index in [1.807, 2.05) is 60.7 Å². The molecule has 3 aromatic carbocycles. The molecule has 0 amide bonds. The number of benzene rings is 3. The average Bonchev–Trinajstić information content (AvgIpc) is 3.35. The monoisotopic (exact) mass is 933 g/mol. The zero-order valence-corrected chi connectivity index (χ0v) is 43.3. The predicted molar refractivity (Wildman–Crippen MR) is 284 cm³/mol. The van der Waals surface area contributed by atoms with Crippen molar-refractivity contribution in [2.75, 3.05) is 39.6 Å². The summed E-state index contributed by atoms with van der Waals surface area (Å²) in [5, 5.41) is 22.1. The minimum atomic E-state index is 0.400. The Morgan fingerprint density at radius 2 is 0.632 bits per heavy atom. The lowest BCUT2D eigenvalue weighted by molar-refractivity contribution is 0.295. The van der Waals surface area contributed by atoms with E-state index in [2.05, 4.69) is 53.7 Å². The topological polar surface area (TPSA) is 103 Å². The minimum Gasteiger partial charge on any atom is -0.494 e. The molecule has 0 aliphatic carbocycles. The standard InChI is InChI=1S/C60H88N2O6/c1-7-13-19-25-35-63-53-31-33-57(65-37-27-21-15-9-3)49(43-53)41-51(47-61)55-45-60(68-40-30-24-18-12-6)56(46-59(55)67-39-29-23-17-11-5)52(48-62)42-50-44-54(64-36-26-20-14-8-2)32-34-58(50)66-38-28-22-16-10-4/h31-34,41-46H,7-30,35-40H2,1-6H3/b51-41+,52-42+. The second kappa shape index (κ2) is 36.9.